The Bertz CT molecular complexity index is 888. The van der Waals surface area contributed by atoms with Gasteiger partial charge in [-0.05, 0) is 24.5 Å². The molecule has 0 saturated heterocycles. The van der Waals surface area contributed by atoms with E-state index in [0.717, 1.165) is 15.6 Å². The minimum Gasteiger partial charge on any atom is -0.499 e. The van der Waals surface area contributed by atoms with Gasteiger partial charge in [0.05, 0.1) is 17.6 Å². The van der Waals surface area contributed by atoms with Crippen molar-refractivity contribution in [2.45, 2.75) is 4.90 Å². The molecule has 0 aliphatic heterocycles. The topological polar surface area (TPSA) is 94.5 Å². The molecule has 0 radical (unpaired) electrons. The van der Waals surface area contributed by atoms with Crippen molar-refractivity contribution < 1.29 is 18.8 Å². The summed E-state index contributed by atoms with van der Waals surface area (Å²) in [6.07, 6.45) is 3.08. The molecule has 0 aliphatic carbocycles. The minimum absolute atomic E-state index is 0.0531. The van der Waals surface area contributed by atoms with Crippen LogP contribution in [0.3, 0.4) is 0 Å². The number of benzene rings is 1. The van der Waals surface area contributed by atoms with Gasteiger partial charge in [0.25, 0.3) is 11.5 Å². The number of carbonyl (C=O) groups is 1. The Hall–Kier alpha value is -2.85. The van der Waals surface area contributed by atoms with E-state index in [-0.39, 0.29) is 30.3 Å². The number of hydrogen-bond acceptors (Lipinski definition) is 7. The van der Waals surface area contributed by atoms with Crippen molar-refractivity contribution in [1.82, 2.24) is 15.3 Å². The zero-order valence-electron chi connectivity index (χ0n) is 14.8. The third-order valence-electron chi connectivity index (χ3n) is 3.34. The zero-order valence-corrected chi connectivity index (χ0v) is 15.6. The monoisotopic (exact) mass is 394 g/mol. The number of nitrogens with one attached hydrogen (secondary N) is 2. The lowest BCUT2D eigenvalue weighted by atomic mass is 10.2. The van der Waals surface area contributed by atoms with E-state index in [0.29, 0.717) is 0 Å². The molecule has 0 spiro atoms. The number of nitrogens with zero attached hydrogens (tertiary/aromatic N) is 2. The van der Waals surface area contributed by atoms with Gasteiger partial charge in [-0.2, -0.15) is 5.10 Å². The molecule has 27 heavy (non-hydrogen) atoms. The second-order valence-corrected chi connectivity index (χ2v) is 6.04. The SMILES string of the molecule is C=COCCONC(=O)c1nn(C)c(=O)cc1Nc1ccc(SC)cc1F. The van der Waals surface area contributed by atoms with Crippen LogP contribution in [-0.2, 0) is 16.6 Å². The highest BCUT2D eigenvalue weighted by molar-refractivity contribution is 7.98. The van der Waals surface area contributed by atoms with Crippen molar-refractivity contribution in [3.8, 4) is 0 Å². The average Bonchev–Trinajstić information content (AvgIpc) is 2.65. The maximum atomic E-state index is 14.2. The summed E-state index contributed by atoms with van der Waals surface area (Å²) in [5, 5.41) is 6.66. The Labute approximate surface area is 159 Å². The highest BCUT2D eigenvalue weighted by Crippen LogP contribution is 2.25. The predicted molar refractivity (Wildman–Crippen MR) is 101 cm³/mol. The third kappa shape index (κ3) is 5.56. The lowest BCUT2D eigenvalue weighted by Crippen LogP contribution is -2.30. The number of thioether (sulfide) groups is 1. The quantitative estimate of drug-likeness (QED) is 0.291. The molecule has 0 bridgehead atoms. The van der Waals surface area contributed by atoms with Gasteiger partial charge in [0.2, 0.25) is 0 Å². The van der Waals surface area contributed by atoms with Crippen LogP contribution in [0.2, 0.25) is 0 Å². The molecular weight excluding hydrogens is 375 g/mol. The summed E-state index contributed by atoms with van der Waals surface area (Å²) in [6, 6.07) is 5.74. The van der Waals surface area contributed by atoms with Gasteiger partial charge >= 0.3 is 0 Å². The van der Waals surface area contributed by atoms with Gasteiger partial charge in [0, 0.05) is 18.0 Å². The van der Waals surface area contributed by atoms with Crippen LogP contribution in [0.1, 0.15) is 10.5 Å². The molecular formula is C17H19FN4O4S. The van der Waals surface area contributed by atoms with Gasteiger partial charge < -0.3 is 10.1 Å². The van der Waals surface area contributed by atoms with Gasteiger partial charge in [0.15, 0.2) is 5.69 Å². The van der Waals surface area contributed by atoms with E-state index >= 15 is 0 Å². The summed E-state index contributed by atoms with van der Waals surface area (Å²) in [5.41, 5.74) is 1.76. The minimum atomic E-state index is -0.701. The normalized spacial score (nSPS) is 10.3. The maximum Gasteiger partial charge on any atom is 0.297 e. The van der Waals surface area contributed by atoms with E-state index in [1.165, 1.54) is 37.2 Å². The highest BCUT2D eigenvalue weighted by Gasteiger charge is 2.17. The van der Waals surface area contributed by atoms with Crippen LogP contribution in [0, 0.1) is 5.82 Å². The Kier molecular flexibility index (Phi) is 7.38. The summed E-state index contributed by atoms with van der Waals surface area (Å²) in [6.45, 7) is 3.66. The van der Waals surface area contributed by atoms with Gasteiger partial charge in [-0.3, -0.25) is 14.4 Å². The van der Waals surface area contributed by atoms with Crippen molar-refractivity contribution in [3.63, 3.8) is 0 Å². The molecule has 0 saturated carbocycles. The fourth-order valence-corrected chi connectivity index (χ4v) is 2.43. The zero-order chi connectivity index (χ0) is 19.8. The molecule has 0 unspecified atom stereocenters. The van der Waals surface area contributed by atoms with E-state index in [1.54, 1.807) is 6.07 Å². The molecule has 2 N–H and O–H groups in total. The number of carbonyl (C=O) groups excluding carboxylic acids is 1. The van der Waals surface area contributed by atoms with Crippen molar-refractivity contribution in [1.29, 1.82) is 0 Å². The first-order valence-electron chi connectivity index (χ1n) is 7.79. The van der Waals surface area contributed by atoms with Gasteiger partial charge in [-0.15, -0.1) is 11.8 Å². The molecule has 0 fully saturated rings. The number of halogens is 1. The first-order valence-corrected chi connectivity index (χ1v) is 9.02. The Morgan fingerprint density at radius 2 is 2.15 bits per heavy atom. The molecule has 1 heterocycles. The number of ether oxygens (including phenoxy) is 1. The van der Waals surface area contributed by atoms with Crippen LogP contribution in [0.4, 0.5) is 15.8 Å². The third-order valence-corrected chi connectivity index (χ3v) is 4.06. The Morgan fingerprint density at radius 3 is 2.81 bits per heavy atom. The number of hydroxylamine groups is 1. The summed E-state index contributed by atoms with van der Waals surface area (Å²) in [4.78, 5) is 29.9. The maximum absolute atomic E-state index is 14.2. The number of anilines is 2. The number of aromatic nitrogens is 2. The lowest BCUT2D eigenvalue weighted by molar-refractivity contribution is 0.0140. The molecule has 8 nitrogen and oxygen atoms in total. The first kappa shape index (κ1) is 20.5. The molecule has 1 amide bonds. The number of aryl methyl sites for hydroxylation is 1. The van der Waals surface area contributed by atoms with Gasteiger partial charge in [0.1, 0.15) is 19.0 Å². The Balaban J connectivity index is 2.22. The van der Waals surface area contributed by atoms with Crippen molar-refractivity contribution in [2.75, 3.05) is 24.8 Å². The van der Waals surface area contributed by atoms with E-state index in [2.05, 4.69) is 22.5 Å². The molecule has 1 aromatic carbocycles. The highest BCUT2D eigenvalue weighted by atomic mass is 32.2. The second-order valence-electron chi connectivity index (χ2n) is 5.16. The van der Waals surface area contributed by atoms with Crippen LogP contribution in [-0.4, -0.2) is 35.2 Å². The standard InChI is InChI=1S/C17H19FN4O4S/c1-4-25-7-8-26-21-17(24)16-14(10-15(23)22(2)20-16)19-13-6-5-11(27-3)9-12(13)18/h4-6,9-10,19H,1,7-8H2,2-3H3,(H,21,24). The number of amides is 1. The Morgan fingerprint density at radius 1 is 1.37 bits per heavy atom. The van der Waals surface area contributed by atoms with Crippen molar-refractivity contribution in [3.05, 3.63) is 59.0 Å². The van der Waals surface area contributed by atoms with Crippen LogP contribution >= 0.6 is 11.8 Å². The van der Waals surface area contributed by atoms with Crippen molar-refractivity contribution >= 4 is 29.0 Å². The van der Waals surface area contributed by atoms with E-state index < -0.39 is 17.3 Å². The van der Waals surface area contributed by atoms with Crippen LogP contribution in [0.15, 0.2) is 46.8 Å². The van der Waals surface area contributed by atoms with E-state index in [1.807, 2.05) is 6.26 Å². The van der Waals surface area contributed by atoms with Crippen LogP contribution in [0.5, 0.6) is 0 Å². The molecule has 144 valence electrons. The fraction of sp³-hybridized carbons (Fsp3) is 0.235. The predicted octanol–water partition coefficient (Wildman–Crippen LogP) is 2.21. The molecule has 2 rings (SSSR count). The average molecular weight is 394 g/mol. The smallest absolute Gasteiger partial charge is 0.297 e. The largest absolute Gasteiger partial charge is 0.499 e. The summed E-state index contributed by atoms with van der Waals surface area (Å²) >= 11 is 1.39. The number of hydrogen-bond donors (Lipinski definition) is 2. The van der Waals surface area contributed by atoms with Crippen LogP contribution < -0.4 is 16.4 Å². The lowest BCUT2D eigenvalue weighted by Gasteiger charge is -2.13. The van der Waals surface area contributed by atoms with Crippen molar-refractivity contribution in [2.24, 2.45) is 7.05 Å². The summed E-state index contributed by atoms with van der Waals surface area (Å²) < 4.78 is 20.1. The number of rotatable bonds is 9. The first-order chi connectivity index (χ1) is 13.0. The summed E-state index contributed by atoms with van der Waals surface area (Å²) in [5.74, 6) is -1.22. The molecule has 0 atom stereocenters. The molecule has 1 aromatic heterocycles. The van der Waals surface area contributed by atoms with Crippen LogP contribution in [0.25, 0.3) is 0 Å². The summed E-state index contributed by atoms with van der Waals surface area (Å²) in [7, 11) is 1.40. The molecule has 0 aliphatic rings. The fourth-order valence-electron chi connectivity index (χ4n) is 2.01. The molecule has 10 heteroatoms. The second kappa shape index (κ2) is 9.74. The van der Waals surface area contributed by atoms with Gasteiger partial charge in [-0.1, -0.05) is 6.58 Å². The van der Waals surface area contributed by atoms with E-state index in [4.69, 9.17) is 9.57 Å². The van der Waals surface area contributed by atoms with E-state index in [9.17, 15) is 14.0 Å². The molecule has 2 aromatic rings. The van der Waals surface area contributed by atoms with Gasteiger partial charge in [-0.25, -0.2) is 14.6 Å².